The molecule has 0 unspecified atom stereocenters. The SMILES string of the molecule is NCC=Cc1ccc(N(c2ccccc2)c2ccccc2)cc1. The zero-order chi connectivity index (χ0) is 15.9. The number of nitrogens with zero attached hydrogens (tertiary/aromatic N) is 1. The highest BCUT2D eigenvalue weighted by atomic mass is 15.1. The fourth-order valence-electron chi connectivity index (χ4n) is 2.54. The molecule has 0 heterocycles. The van der Waals surface area contributed by atoms with Gasteiger partial charge in [0.05, 0.1) is 0 Å². The Bertz CT molecular complexity index is 707. The van der Waals surface area contributed by atoms with Crippen LogP contribution in [0.3, 0.4) is 0 Å². The van der Waals surface area contributed by atoms with Crippen LogP contribution in [0.25, 0.3) is 6.08 Å². The maximum absolute atomic E-state index is 5.51. The summed E-state index contributed by atoms with van der Waals surface area (Å²) in [5, 5.41) is 0. The van der Waals surface area contributed by atoms with Crippen molar-refractivity contribution in [1.82, 2.24) is 0 Å². The number of rotatable bonds is 5. The van der Waals surface area contributed by atoms with Gasteiger partial charge in [-0.2, -0.15) is 0 Å². The molecule has 0 saturated carbocycles. The van der Waals surface area contributed by atoms with E-state index in [9.17, 15) is 0 Å². The third kappa shape index (κ3) is 3.68. The van der Waals surface area contributed by atoms with Crippen molar-refractivity contribution in [2.75, 3.05) is 11.4 Å². The molecule has 2 N–H and O–H groups in total. The molecule has 0 aliphatic heterocycles. The lowest BCUT2D eigenvalue weighted by molar-refractivity contribution is 1.26. The van der Waals surface area contributed by atoms with Crippen molar-refractivity contribution in [2.24, 2.45) is 5.73 Å². The van der Waals surface area contributed by atoms with Gasteiger partial charge < -0.3 is 10.6 Å². The number of anilines is 3. The van der Waals surface area contributed by atoms with Crippen LogP contribution in [0.4, 0.5) is 17.1 Å². The normalized spacial score (nSPS) is 10.8. The van der Waals surface area contributed by atoms with E-state index in [1.807, 2.05) is 24.3 Å². The van der Waals surface area contributed by atoms with Gasteiger partial charge in [0, 0.05) is 23.6 Å². The summed E-state index contributed by atoms with van der Waals surface area (Å²) in [5.74, 6) is 0. The fraction of sp³-hybridized carbons (Fsp3) is 0.0476. The Morgan fingerprint density at radius 1 is 0.652 bits per heavy atom. The molecule has 0 aliphatic carbocycles. The molecule has 23 heavy (non-hydrogen) atoms. The average molecular weight is 300 g/mol. The Hall–Kier alpha value is -2.84. The van der Waals surface area contributed by atoms with E-state index in [4.69, 9.17) is 5.73 Å². The molecule has 3 aromatic rings. The lowest BCUT2D eigenvalue weighted by atomic mass is 10.1. The van der Waals surface area contributed by atoms with Crippen molar-refractivity contribution in [3.63, 3.8) is 0 Å². The summed E-state index contributed by atoms with van der Waals surface area (Å²) in [7, 11) is 0. The summed E-state index contributed by atoms with van der Waals surface area (Å²) < 4.78 is 0. The summed E-state index contributed by atoms with van der Waals surface area (Å²) in [6.45, 7) is 0.557. The van der Waals surface area contributed by atoms with Crippen molar-refractivity contribution in [3.8, 4) is 0 Å². The van der Waals surface area contributed by atoms with Crippen LogP contribution in [0.2, 0.25) is 0 Å². The molecule has 0 spiro atoms. The Balaban J connectivity index is 2.00. The van der Waals surface area contributed by atoms with E-state index in [1.54, 1.807) is 0 Å². The number of hydrogen-bond donors (Lipinski definition) is 1. The summed E-state index contributed by atoms with van der Waals surface area (Å²) >= 11 is 0. The summed E-state index contributed by atoms with van der Waals surface area (Å²) in [6.07, 6.45) is 4.00. The van der Waals surface area contributed by atoms with Crippen molar-refractivity contribution >= 4 is 23.1 Å². The van der Waals surface area contributed by atoms with Crippen LogP contribution < -0.4 is 10.6 Å². The van der Waals surface area contributed by atoms with Gasteiger partial charge in [-0.3, -0.25) is 0 Å². The van der Waals surface area contributed by atoms with E-state index in [0.717, 1.165) is 22.6 Å². The van der Waals surface area contributed by atoms with Gasteiger partial charge in [-0.25, -0.2) is 0 Å². The molecule has 0 amide bonds. The van der Waals surface area contributed by atoms with Crippen LogP contribution in [0.15, 0.2) is 91.0 Å². The van der Waals surface area contributed by atoms with Crippen LogP contribution in [0, 0.1) is 0 Å². The Labute approximate surface area is 137 Å². The molecule has 0 atom stereocenters. The first-order chi connectivity index (χ1) is 11.4. The molecular formula is C21H20N2. The first-order valence-electron chi connectivity index (χ1n) is 7.75. The maximum Gasteiger partial charge on any atom is 0.0462 e. The standard InChI is InChI=1S/C21H20N2/c22-17-7-8-18-13-15-21(16-14-18)23(19-9-3-1-4-10-19)20-11-5-2-6-12-20/h1-16H,17,22H2. The molecule has 0 bridgehead atoms. The fourth-order valence-corrected chi connectivity index (χ4v) is 2.54. The largest absolute Gasteiger partial charge is 0.327 e. The second-order valence-electron chi connectivity index (χ2n) is 5.24. The van der Waals surface area contributed by atoms with Crippen molar-refractivity contribution in [2.45, 2.75) is 0 Å². The highest BCUT2D eigenvalue weighted by Crippen LogP contribution is 2.34. The number of para-hydroxylation sites is 2. The Morgan fingerprint density at radius 3 is 1.61 bits per heavy atom. The third-order valence-electron chi connectivity index (χ3n) is 3.63. The second kappa shape index (κ2) is 7.43. The number of benzene rings is 3. The van der Waals surface area contributed by atoms with Gasteiger partial charge in [-0.15, -0.1) is 0 Å². The van der Waals surface area contributed by atoms with E-state index < -0.39 is 0 Å². The second-order valence-corrected chi connectivity index (χ2v) is 5.24. The lowest BCUT2D eigenvalue weighted by Crippen LogP contribution is -2.09. The topological polar surface area (TPSA) is 29.3 Å². The van der Waals surface area contributed by atoms with Crippen LogP contribution >= 0.6 is 0 Å². The predicted molar refractivity (Wildman–Crippen MR) is 99.2 cm³/mol. The molecule has 2 heteroatoms. The van der Waals surface area contributed by atoms with E-state index in [1.165, 1.54) is 0 Å². The maximum atomic E-state index is 5.51. The van der Waals surface area contributed by atoms with Crippen molar-refractivity contribution in [3.05, 3.63) is 96.6 Å². The molecule has 0 saturated heterocycles. The summed E-state index contributed by atoms with van der Waals surface area (Å²) in [4.78, 5) is 2.25. The number of hydrogen-bond acceptors (Lipinski definition) is 2. The van der Waals surface area contributed by atoms with Gasteiger partial charge in [0.25, 0.3) is 0 Å². The van der Waals surface area contributed by atoms with Gasteiger partial charge in [-0.1, -0.05) is 60.7 Å². The van der Waals surface area contributed by atoms with E-state index in [0.29, 0.717) is 6.54 Å². The minimum absolute atomic E-state index is 0.557. The van der Waals surface area contributed by atoms with Crippen molar-refractivity contribution in [1.29, 1.82) is 0 Å². The molecule has 3 aromatic carbocycles. The van der Waals surface area contributed by atoms with Crippen LogP contribution in [-0.2, 0) is 0 Å². The van der Waals surface area contributed by atoms with Gasteiger partial charge >= 0.3 is 0 Å². The highest BCUT2D eigenvalue weighted by Gasteiger charge is 2.10. The molecule has 0 aromatic heterocycles. The number of nitrogens with two attached hydrogens (primary N) is 1. The third-order valence-corrected chi connectivity index (χ3v) is 3.63. The molecule has 0 radical (unpaired) electrons. The van der Waals surface area contributed by atoms with Crippen LogP contribution in [0.5, 0.6) is 0 Å². The average Bonchev–Trinajstić information content (AvgIpc) is 2.63. The predicted octanol–water partition coefficient (Wildman–Crippen LogP) is 5.13. The lowest BCUT2D eigenvalue weighted by Gasteiger charge is -2.25. The highest BCUT2D eigenvalue weighted by molar-refractivity contribution is 5.76. The van der Waals surface area contributed by atoms with Crippen LogP contribution in [0.1, 0.15) is 5.56 Å². The zero-order valence-corrected chi connectivity index (χ0v) is 13.0. The summed E-state index contributed by atoms with van der Waals surface area (Å²) in [5.41, 5.74) is 10.1. The molecule has 0 aliphatic rings. The van der Waals surface area contributed by atoms with Gasteiger partial charge in [0.1, 0.15) is 0 Å². The van der Waals surface area contributed by atoms with E-state index in [2.05, 4.69) is 77.7 Å². The molecular weight excluding hydrogens is 280 g/mol. The van der Waals surface area contributed by atoms with Gasteiger partial charge in [0.15, 0.2) is 0 Å². The minimum atomic E-state index is 0.557. The summed E-state index contributed by atoms with van der Waals surface area (Å²) in [6, 6.07) is 29.3. The molecule has 0 fully saturated rings. The molecule has 3 rings (SSSR count). The van der Waals surface area contributed by atoms with Crippen LogP contribution in [-0.4, -0.2) is 6.54 Å². The van der Waals surface area contributed by atoms with Gasteiger partial charge in [0.2, 0.25) is 0 Å². The van der Waals surface area contributed by atoms with Crippen molar-refractivity contribution < 1.29 is 0 Å². The monoisotopic (exact) mass is 300 g/mol. The first kappa shape index (κ1) is 15.1. The zero-order valence-electron chi connectivity index (χ0n) is 13.0. The molecule has 114 valence electrons. The van der Waals surface area contributed by atoms with Gasteiger partial charge in [-0.05, 0) is 42.0 Å². The quantitative estimate of drug-likeness (QED) is 0.708. The molecule has 2 nitrogen and oxygen atoms in total. The smallest absolute Gasteiger partial charge is 0.0462 e. The van der Waals surface area contributed by atoms with E-state index in [-0.39, 0.29) is 0 Å². The van der Waals surface area contributed by atoms with E-state index >= 15 is 0 Å². The Kier molecular flexibility index (Phi) is 4.87. The Morgan fingerprint density at radius 2 is 1.13 bits per heavy atom. The first-order valence-corrected chi connectivity index (χ1v) is 7.75. The minimum Gasteiger partial charge on any atom is -0.327 e.